The van der Waals surface area contributed by atoms with Crippen LogP contribution in [0.25, 0.3) is 22.4 Å². The molecule has 1 saturated carbocycles. The van der Waals surface area contributed by atoms with Gasteiger partial charge >= 0.3 is 0 Å². The smallest absolute Gasteiger partial charge is 0.259 e. The van der Waals surface area contributed by atoms with Crippen molar-refractivity contribution in [2.24, 2.45) is 5.73 Å². The predicted octanol–water partition coefficient (Wildman–Crippen LogP) is 3.74. The summed E-state index contributed by atoms with van der Waals surface area (Å²) in [5, 5.41) is 5.23. The molecule has 1 aliphatic rings. The van der Waals surface area contributed by atoms with E-state index >= 15 is 0 Å². The molecule has 0 spiro atoms. The van der Waals surface area contributed by atoms with Gasteiger partial charge in [0.1, 0.15) is 0 Å². The fourth-order valence-electron chi connectivity index (χ4n) is 3.26. The minimum atomic E-state index is -0.431. The second-order valence-electron chi connectivity index (χ2n) is 6.10. The van der Waals surface area contributed by atoms with E-state index in [1.54, 1.807) is 6.20 Å². The summed E-state index contributed by atoms with van der Waals surface area (Å²) in [5.41, 5.74) is 8.91. The molecule has 1 fully saturated rings. The lowest BCUT2D eigenvalue weighted by Gasteiger charge is -2.17. The van der Waals surface area contributed by atoms with E-state index in [0.29, 0.717) is 11.7 Å². The van der Waals surface area contributed by atoms with Crippen molar-refractivity contribution in [3.05, 3.63) is 41.9 Å². The largest absolute Gasteiger partial charge is 0.334 e. The molecule has 120 valence electrons. The van der Waals surface area contributed by atoms with Crippen LogP contribution in [0.1, 0.15) is 37.1 Å². The van der Waals surface area contributed by atoms with Gasteiger partial charge in [-0.05, 0) is 31.4 Å². The molecule has 0 radical (unpaired) electrons. The maximum absolute atomic E-state index is 6.40. The van der Waals surface area contributed by atoms with E-state index in [1.165, 1.54) is 0 Å². The summed E-state index contributed by atoms with van der Waals surface area (Å²) in [6, 6.07) is 8.05. The van der Waals surface area contributed by atoms with Crippen molar-refractivity contribution in [2.45, 2.75) is 38.1 Å². The molecule has 0 aliphatic heterocycles. The Balaban J connectivity index is 0.00000156. The van der Waals surface area contributed by atoms with E-state index in [9.17, 15) is 0 Å². The highest BCUT2D eigenvalue weighted by molar-refractivity contribution is 5.86. The van der Waals surface area contributed by atoms with Crippen LogP contribution in [0.3, 0.4) is 0 Å². The van der Waals surface area contributed by atoms with Gasteiger partial charge in [0.15, 0.2) is 5.82 Å². The monoisotopic (exact) mass is 330 g/mol. The van der Waals surface area contributed by atoms with Gasteiger partial charge in [-0.3, -0.25) is 4.98 Å². The molecule has 0 atom stereocenters. The SMILES string of the molecule is Cc1c(-c2nc(C3(N)CCCC3)no2)cnc2ccccc12.Cl. The number of aromatic nitrogens is 3. The molecule has 0 bridgehead atoms. The normalized spacial score (nSPS) is 16.4. The number of pyridine rings is 1. The fraction of sp³-hybridized carbons (Fsp3) is 0.353. The van der Waals surface area contributed by atoms with Gasteiger partial charge in [-0.2, -0.15) is 4.98 Å². The van der Waals surface area contributed by atoms with Gasteiger partial charge in [0, 0.05) is 11.6 Å². The fourth-order valence-corrected chi connectivity index (χ4v) is 3.26. The van der Waals surface area contributed by atoms with Gasteiger partial charge in [-0.1, -0.05) is 36.2 Å². The minimum Gasteiger partial charge on any atom is -0.334 e. The van der Waals surface area contributed by atoms with Crippen LogP contribution in [0.2, 0.25) is 0 Å². The molecule has 4 rings (SSSR count). The van der Waals surface area contributed by atoms with E-state index < -0.39 is 5.54 Å². The highest BCUT2D eigenvalue weighted by Crippen LogP contribution is 2.36. The Morgan fingerprint density at radius 1 is 1.17 bits per heavy atom. The number of hydrogen-bond donors (Lipinski definition) is 1. The zero-order valence-corrected chi connectivity index (χ0v) is 13.8. The molecule has 6 heteroatoms. The van der Waals surface area contributed by atoms with E-state index in [0.717, 1.165) is 47.7 Å². The average molecular weight is 331 g/mol. The average Bonchev–Trinajstić information content (AvgIpc) is 3.18. The molecule has 1 aliphatic carbocycles. The third kappa shape index (κ3) is 2.60. The highest BCUT2D eigenvalue weighted by atomic mass is 35.5. The van der Waals surface area contributed by atoms with Crippen LogP contribution in [0.15, 0.2) is 35.0 Å². The molecular formula is C17H19ClN4O. The summed E-state index contributed by atoms with van der Waals surface area (Å²) < 4.78 is 5.48. The summed E-state index contributed by atoms with van der Waals surface area (Å²) in [4.78, 5) is 9.04. The summed E-state index contributed by atoms with van der Waals surface area (Å²) >= 11 is 0. The second kappa shape index (κ2) is 5.91. The van der Waals surface area contributed by atoms with Crippen molar-refractivity contribution in [3.63, 3.8) is 0 Å². The lowest BCUT2D eigenvalue weighted by molar-refractivity contribution is 0.372. The zero-order chi connectivity index (χ0) is 15.2. The number of aryl methyl sites for hydroxylation is 1. The van der Waals surface area contributed by atoms with E-state index in [2.05, 4.69) is 28.1 Å². The molecule has 2 aromatic heterocycles. The van der Waals surface area contributed by atoms with Gasteiger partial charge in [0.05, 0.1) is 16.6 Å². The number of nitrogens with zero attached hydrogens (tertiary/aromatic N) is 3. The topological polar surface area (TPSA) is 77.8 Å². The van der Waals surface area contributed by atoms with Gasteiger partial charge in [0.25, 0.3) is 5.89 Å². The van der Waals surface area contributed by atoms with Crippen molar-refractivity contribution in [1.82, 2.24) is 15.1 Å². The molecule has 0 amide bonds. The number of benzene rings is 1. The molecule has 2 N–H and O–H groups in total. The number of halogens is 1. The second-order valence-corrected chi connectivity index (χ2v) is 6.10. The molecule has 0 unspecified atom stereocenters. The maximum Gasteiger partial charge on any atom is 0.259 e. The summed E-state index contributed by atoms with van der Waals surface area (Å²) in [5.74, 6) is 1.12. The standard InChI is InChI=1S/C17H18N4O.ClH/c1-11-12-6-2-3-7-14(12)19-10-13(11)15-20-16(21-22-15)17(18)8-4-5-9-17;/h2-3,6-7,10H,4-5,8-9,18H2,1H3;1H. The summed E-state index contributed by atoms with van der Waals surface area (Å²) in [6.45, 7) is 2.05. The quantitative estimate of drug-likeness (QED) is 0.774. The van der Waals surface area contributed by atoms with Gasteiger partial charge in [-0.25, -0.2) is 0 Å². The third-order valence-electron chi connectivity index (χ3n) is 4.64. The number of nitrogens with two attached hydrogens (primary N) is 1. The van der Waals surface area contributed by atoms with Crippen molar-refractivity contribution in [1.29, 1.82) is 0 Å². The van der Waals surface area contributed by atoms with Crippen LogP contribution >= 0.6 is 12.4 Å². The molecular weight excluding hydrogens is 312 g/mol. The third-order valence-corrected chi connectivity index (χ3v) is 4.64. The Hall–Kier alpha value is -1.98. The van der Waals surface area contributed by atoms with E-state index in [1.807, 2.05) is 18.2 Å². The molecule has 23 heavy (non-hydrogen) atoms. The predicted molar refractivity (Wildman–Crippen MR) is 91.4 cm³/mol. The van der Waals surface area contributed by atoms with E-state index in [-0.39, 0.29) is 12.4 Å². The minimum absolute atomic E-state index is 0. The summed E-state index contributed by atoms with van der Waals surface area (Å²) in [6.07, 6.45) is 5.88. The Labute approximate surface area is 140 Å². The van der Waals surface area contributed by atoms with E-state index in [4.69, 9.17) is 10.3 Å². The molecule has 3 aromatic rings. The van der Waals surface area contributed by atoms with Crippen molar-refractivity contribution >= 4 is 23.3 Å². The van der Waals surface area contributed by atoms with Crippen LogP contribution in [-0.2, 0) is 5.54 Å². The Kier molecular flexibility index (Phi) is 4.08. The summed E-state index contributed by atoms with van der Waals surface area (Å²) in [7, 11) is 0. The van der Waals surface area contributed by atoms with Crippen molar-refractivity contribution in [2.75, 3.05) is 0 Å². The van der Waals surface area contributed by atoms with Crippen LogP contribution in [0.4, 0.5) is 0 Å². The first-order chi connectivity index (χ1) is 10.7. The Morgan fingerprint density at radius 2 is 1.91 bits per heavy atom. The molecule has 5 nitrogen and oxygen atoms in total. The van der Waals surface area contributed by atoms with Crippen molar-refractivity contribution < 1.29 is 4.52 Å². The first-order valence-corrected chi connectivity index (χ1v) is 7.65. The van der Waals surface area contributed by atoms with Gasteiger partial charge in [0.2, 0.25) is 0 Å². The van der Waals surface area contributed by atoms with Gasteiger partial charge < -0.3 is 10.3 Å². The maximum atomic E-state index is 6.40. The van der Waals surface area contributed by atoms with Gasteiger partial charge in [-0.15, -0.1) is 12.4 Å². The van der Waals surface area contributed by atoms with Crippen LogP contribution < -0.4 is 5.73 Å². The van der Waals surface area contributed by atoms with Crippen LogP contribution in [0.5, 0.6) is 0 Å². The molecule has 0 saturated heterocycles. The lowest BCUT2D eigenvalue weighted by Crippen LogP contribution is -2.34. The number of fused-ring (bicyclic) bond motifs is 1. The zero-order valence-electron chi connectivity index (χ0n) is 13.0. The number of hydrogen-bond acceptors (Lipinski definition) is 5. The first kappa shape index (κ1) is 15.9. The Morgan fingerprint density at radius 3 is 2.70 bits per heavy atom. The van der Waals surface area contributed by atoms with Crippen LogP contribution in [0, 0.1) is 6.92 Å². The Bertz CT molecular complexity index is 839. The molecule has 1 aromatic carbocycles. The highest BCUT2D eigenvalue weighted by Gasteiger charge is 2.36. The van der Waals surface area contributed by atoms with Crippen LogP contribution in [-0.4, -0.2) is 15.1 Å². The first-order valence-electron chi connectivity index (χ1n) is 7.65. The molecule has 2 heterocycles. The lowest BCUT2D eigenvalue weighted by atomic mass is 9.98. The number of para-hydroxylation sites is 1. The number of rotatable bonds is 2. The van der Waals surface area contributed by atoms with Crippen molar-refractivity contribution in [3.8, 4) is 11.5 Å².